The monoisotopic (exact) mass is 441 g/mol. The Kier molecular flexibility index (Phi) is 5.94. The molecule has 9 nitrogen and oxygen atoms in total. The Labute approximate surface area is 191 Å². The third-order valence-corrected chi connectivity index (χ3v) is 5.31. The van der Waals surface area contributed by atoms with E-state index in [0.717, 1.165) is 30.2 Å². The number of rotatable bonds is 6. The van der Waals surface area contributed by atoms with Crippen LogP contribution in [0, 0.1) is 0 Å². The van der Waals surface area contributed by atoms with Gasteiger partial charge in [0.05, 0.1) is 30.8 Å². The number of amides is 1. The quantitative estimate of drug-likeness (QED) is 0.473. The molecule has 1 aliphatic rings. The van der Waals surface area contributed by atoms with Crippen LogP contribution < -0.4 is 15.5 Å². The predicted molar refractivity (Wildman–Crippen MR) is 126 cm³/mol. The van der Waals surface area contributed by atoms with Gasteiger partial charge in [-0.1, -0.05) is 6.07 Å². The maximum Gasteiger partial charge on any atom is 0.255 e. The summed E-state index contributed by atoms with van der Waals surface area (Å²) in [5, 5.41) is 18.7. The van der Waals surface area contributed by atoms with Gasteiger partial charge in [0, 0.05) is 48.5 Å². The summed E-state index contributed by atoms with van der Waals surface area (Å²) in [6.07, 6.45) is 5.30. The molecule has 0 aliphatic carbocycles. The van der Waals surface area contributed by atoms with Gasteiger partial charge in [-0.25, -0.2) is 4.68 Å². The number of ether oxygens (including phenoxy) is 1. The molecule has 1 amide bonds. The first-order valence-electron chi connectivity index (χ1n) is 10.7. The fraction of sp³-hybridized carbons (Fsp3) is 0.167. The van der Waals surface area contributed by atoms with Crippen LogP contribution in [0.1, 0.15) is 10.4 Å². The fourth-order valence-electron chi connectivity index (χ4n) is 3.61. The summed E-state index contributed by atoms with van der Waals surface area (Å²) in [5.41, 5.74) is 3.94. The molecule has 3 heterocycles. The second-order valence-corrected chi connectivity index (χ2v) is 7.56. The second kappa shape index (κ2) is 9.49. The van der Waals surface area contributed by atoms with E-state index in [1.807, 2.05) is 54.7 Å². The first-order valence-corrected chi connectivity index (χ1v) is 10.7. The first kappa shape index (κ1) is 20.7. The molecule has 33 heavy (non-hydrogen) atoms. The number of carbonyl (C=O) groups excluding carboxylic acids is 1. The lowest BCUT2D eigenvalue weighted by atomic mass is 10.2. The summed E-state index contributed by atoms with van der Waals surface area (Å²) in [5.74, 6) is 0.472. The Morgan fingerprint density at radius 2 is 1.76 bits per heavy atom. The highest BCUT2D eigenvalue weighted by Gasteiger charge is 2.13. The molecular weight excluding hydrogens is 418 g/mol. The number of hydrogen-bond donors (Lipinski definition) is 2. The van der Waals surface area contributed by atoms with Crippen LogP contribution in [0.2, 0.25) is 0 Å². The minimum atomic E-state index is -0.186. The third-order valence-electron chi connectivity index (χ3n) is 5.31. The zero-order chi connectivity index (χ0) is 22.5. The molecule has 5 rings (SSSR count). The van der Waals surface area contributed by atoms with Crippen molar-refractivity contribution in [1.82, 2.24) is 20.0 Å². The van der Waals surface area contributed by atoms with E-state index in [1.54, 1.807) is 29.2 Å². The van der Waals surface area contributed by atoms with Crippen molar-refractivity contribution in [3.63, 3.8) is 0 Å². The SMILES string of the molecule is O=C(Nc1ccc(Nc2cc(N3CCOCC3)cnn2)cc1)c1cccc(-n2cccn2)c1. The fourth-order valence-corrected chi connectivity index (χ4v) is 3.61. The van der Waals surface area contributed by atoms with E-state index < -0.39 is 0 Å². The van der Waals surface area contributed by atoms with E-state index in [-0.39, 0.29) is 5.91 Å². The van der Waals surface area contributed by atoms with Gasteiger partial charge in [0.25, 0.3) is 5.91 Å². The van der Waals surface area contributed by atoms with Crippen LogP contribution >= 0.6 is 0 Å². The molecule has 1 fully saturated rings. The van der Waals surface area contributed by atoms with Crippen LogP contribution in [0.15, 0.2) is 79.3 Å². The van der Waals surface area contributed by atoms with Crippen molar-refractivity contribution in [2.45, 2.75) is 0 Å². The van der Waals surface area contributed by atoms with Crippen molar-refractivity contribution >= 4 is 28.8 Å². The molecule has 0 spiro atoms. The molecule has 4 aromatic rings. The van der Waals surface area contributed by atoms with E-state index in [0.29, 0.717) is 30.3 Å². The zero-order valence-corrected chi connectivity index (χ0v) is 17.9. The molecule has 2 aromatic heterocycles. The number of nitrogens with one attached hydrogen (secondary N) is 2. The molecule has 1 saturated heterocycles. The van der Waals surface area contributed by atoms with Gasteiger partial charge in [-0.2, -0.15) is 10.2 Å². The molecule has 2 aromatic carbocycles. The van der Waals surface area contributed by atoms with E-state index in [9.17, 15) is 4.79 Å². The van der Waals surface area contributed by atoms with Crippen molar-refractivity contribution in [3.05, 3.63) is 84.8 Å². The highest BCUT2D eigenvalue weighted by molar-refractivity contribution is 6.04. The van der Waals surface area contributed by atoms with Gasteiger partial charge in [0.2, 0.25) is 0 Å². The average molecular weight is 441 g/mol. The minimum absolute atomic E-state index is 0.186. The standard InChI is InChI=1S/C24H23N7O2/c32-24(18-3-1-4-21(15-18)31-10-2-9-26-31)28-20-7-5-19(6-8-20)27-23-16-22(17-25-29-23)30-11-13-33-14-12-30/h1-10,15-17H,11-14H2,(H,27,29)(H,28,32). The largest absolute Gasteiger partial charge is 0.378 e. The van der Waals surface area contributed by atoms with Crippen LogP contribution in [-0.2, 0) is 4.74 Å². The van der Waals surface area contributed by atoms with Crippen molar-refractivity contribution < 1.29 is 9.53 Å². The van der Waals surface area contributed by atoms with Crippen molar-refractivity contribution in [3.8, 4) is 5.69 Å². The summed E-state index contributed by atoms with van der Waals surface area (Å²) in [6, 6.07) is 18.6. The van der Waals surface area contributed by atoms with Gasteiger partial charge < -0.3 is 20.3 Å². The van der Waals surface area contributed by atoms with Crippen LogP contribution in [0.4, 0.5) is 22.9 Å². The predicted octanol–water partition coefficient (Wildman–Crippen LogP) is 3.49. The van der Waals surface area contributed by atoms with Crippen LogP contribution in [0.25, 0.3) is 5.69 Å². The van der Waals surface area contributed by atoms with Crippen molar-refractivity contribution in [2.24, 2.45) is 0 Å². The number of aromatic nitrogens is 4. The third kappa shape index (κ3) is 4.99. The van der Waals surface area contributed by atoms with Gasteiger partial charge in [0.15, 0.2) is 5.82 Å². The molecular formula is C24H23N7O2. The maximum absolute atomic E-state index is 12.7. The number of benzene rings is 2. The molecule has 1 aliphatic heterocycles. The van der Waals surface area contributed by atoms with Crippen molar-refractivity contribution in [2.75, 3.05) is 41.8 Å². The lowest BCUT2D eigenvalue weighted by molar-refractivity contribution is 0.102. The second-order valence-electron chi connectivity index (χ2n) is 7.56. The van der Waals surface area contributed by atoms with Gasteiger partial charge in [-0.3, -0.25) is 4.79 Å². The Bertz CT molecular complexity index is 1220. The Morgan fingerprint density at radius 1 is 0.939 bits per heavy atom. The lowest BCUT2D eigenvalue weighted by Crippen LogP contribution is -2.36. The van der Waals surface area contributed by atoms with E-state index in [1.165, 1.54) is 0 Å². The number of morpholine rings is 1. The van der Waals surface area contributed by atoms with Gasteiger partial charge in [-0.05, 0) is 48.5 Å². The molecule has 0 atom stereocenters. The molecule has 9 heteroatoms. The average Bonchev–Trinajstić information content (AvgIpc) is 3.41. The molecule has 0 saturated carbocycles. The van der Waals surface area contributed by atoms with Crippen LogP contribution in [0.5, 0.6) is 0 Å². The molecule has 0 unspecified atom stereocenters. The highest BCUT2D eigenvalue weighted by Crippen LogP contribution is 2.22. The number of nitrogens with zero attached hydrogens (tertiary/aromatic N) is 5. The summed E-state index contributed by atoms with van der Waals surface area (Å²) < 4.78 is 7.13. The summed E-state index contributed by atoms with van der Waals surface area (Å²) in [4.78, 5) is 14.9. The Hall–Kier alpha value is -4.24. The van der Waals surface area contributed by atoms with Crippen LogP contribution in [-0.4, -0.2) is 52.2 Å². The van der Waals surface area contributed by atoms with E-state index >= 15 is 0 Å². The van der Waals surface area contributed by atoms with E-state index in [4.69, 9.17) is 4.74 Å². The summed E-state index contributed by atoms with van der Waals surface area (Å²) >= 11 is 0. The molecule has 2 N–H and O–H groups in total. The van der Waals surface area contributed by atoms with Crippen molar-refractivity contribution in [1.29, 1.82) is 0 Å². The summed E-state index contributed by atoms with van der Waals surface area (Å²) in [7, 11) is 0. The number of carbonyl (C=O) groups is 1. The molecule has 166 valence electrons. The number of hydrogen-bond acceptors (Lipinski definition) is 7. The molecule has 0 radical (unpaired) electrons. The van der Waals surface area contributed by atoms with Gasteiger partial charge in [0.1, 0.15) is 0 Å². The Balaban J connectivity index is 1.23. The van der Waals surface area contributed by atoms with E-state index in [2.05, 4.69) is 30.8 Å². The highest BCUT2D eigenvalue weighted by atomic mass is 16.5. The zero-order valence-electron chi connectivity index (χ0n) is 17.9. The van der Waals surface area contributed by atoms with Gasteiger partial charge in [-0.15, -0.1) is 5.10 Å². The first-order chi connectivity index (χ1) is 16.2. The molecule has 0 bridgehead atoms. The normalized spacial score (nSPS) is 13.5. The minimum Gasteiger partial charge on any atom is -0.378 e. The topological polar surface area (TPSA) is 97.2 Å². The lowest BCUT2D eigenvalue weighted by Gasteiger charge is -2.28. The Morgan fingerprint density at radius 3 is 2.55 bits per heavy atom. The maximum atomic E-state index is 12.7. The van der Waals surface area contributed by atoms with Crippen LogP contribution in [0.3, 0.4) is 0 Å². The number of anilines is 4. The van der Waals surface area contributed by atoms with Gasteiger partial charge >= 0.3 is 0 Å². The summed E-state index contributed by atoms with van der Waals surface area (Å²) in [6.45, 7) is 3.10. The smallest absolute Gasteiger partial charge is 0.255 e.